The van der Waals surface area contributed by atoms with Gasteiger partial charge in [-0.05, 0) is 48.9 Å². The summed E-state index contributed by atoms with van der Waals surface area (Å²) < 4.78 is 60.2. The number of hydrogen-bond acceptors (Lipinski definition) is 6. The number of nitrogens with one attached hydrogen (secondary N) is 1. The summed E-state index contributed by atoms with van der Waals surface area (Å²) in [5, 5.41) is 0. The minimum atomic E-state index is -3.94. The van der Waals surface area contributed by atoms with Crippen LogP contribution in [0.2, 0.25) is 0 Å². The maximum atomic E-state index is 12.8. The predicted molar refractivity (Wildman–Crippen MR) is 115 cm³/mol. The number of benzene rings is 2. The number of rotatable bonds is 6. The van der Waals surface area contributed by atoms with Crippen LogP contribution in [0, 0.1) is 0 Å². The first kappa shape index (κ1) is 21.8. The summed E-state index contributed by atoms with van der Waals surface area (Å²) >= 11 is 0. The zero-order valence-electron chi connectivity index (χ0n) is 16.7. The first-order chi connectivity index (χ1) is 14.8. The van der Waals surface area contributed by atoms with E-state index in [1.165, 1.54) is 40.7 Å². The molecular formula is C20H23N3O6S2. The Labute approximate surface area is 181 Å². The summed E-state index contributed by atoms with van der Waals surface area (Å²) in [5.41, 5.74) is 0.799. The molecule has 2 heterocycles. The van der Waals surface area contributed by atoms with Crippen LogP contribution in [0.1, 0.15) is 12.8 Å². The van der Waals surface area contributed by atoms with Crippen molar-refractivity contribution in [2.24, 2.45) is 0 Å². The number of nitrogens with zero attached hydrogens (tertiary/aromatic N) is 2. The van der Waals surface area contributed by atoms with Gasteiger partial charge in [-0.15, -0.1) is 0 Å². The lowest BCUT2D eigenvalue weighted by atomic mass is 10.3. The van der Waals surface area contributed by atoms with Gasteiger partial charge in [-0.1, -0.05) is 6.07 Å². The molecule has 4 rings (SSSR count). The molecule has 0 atom stereocenters. The van der Waals surface area contributed by atoms with E-state index >= 15 is 0 Å². The third kappa shape index (κ3) is 4.59. The van der Waals surface area contributed by atoms with E-state index in [4.69, 9.17) is 4.74 Å². The fraction of sp³-hybridized carbons (Fsp3) is 0.350. The summed E-state index contributed by atoms with van der Waals surface area (Å²) in [6.07, 6.45) is 1.27. The highest BCUT2D eigenvalue weighted by atomic mass is 32.2. The Morgan fingerprint density at radius 2 is 1.58 bits per heavy atom. The molecular weight excluding hydrogens is 442 g/mol. The standard InChI is InChI=1S/C20H23N3O6S2/c24-20-5-2-10-23(20)17-6-8-18(9-7-17)30(25,26)21-16-3-1-4-19(15-16)31(27,28)22-11-13-29-14-12-22/h1,3-4,6-9,15,21H,2,5,10-14H2. The summed E-state index contributed by atoms with van der Waals surface area (Å²) in [6.45, 7) is 1.77. The molecule has 2 saturated heterocycles. The van der Waals surface area contributed by atoms with Crippen molar-refractivity contribution in [1.82, 2.24) is 4.31 Å². The number of sulfonamides is 2. The smallest absolute Gasteiger partial charge is 0.261 e. The Balaban J connectivity index is 1.53. The molecule has 0 spiro atoms. The van der Waals surface area contributed by atoms with Crippen LogP contribution in [0.3, 0.4) is 0 Å². The number of ether oxygens (including phenoxy) is 1. The van der Waals surface area contributed by atoms with E-state index in [0.717, 1.165) is 6.42 Å². The highest BCUT2D eigenvalue weighted by molar-refractivity contribution is 7.92. The molecule has 166 valence electrons. The van der Waals surface area contributed by atoms with Gasteiger partial charge in [0.15, 0.2) is 0 Å². The molecule has 0 radical (unpaired) electrons. The number of morpholine rings is 1. The number of carbonyl (C=O) groups is 1. The molecule has 2 fully saturated rings. The topological polar surface area (TPSA) is 113 Å². The van der Waals surface area contributed by atoms with Crippen molar-refractivity contribution in [3.05, 3.63) is 48.5 Å². The van der Waals surface area contributed by atoms with Gasteiger partial charge >= 0.3 is 0 Å². The van der Waals surface area contributed by atoms with Crippen molar-refractivity contribution in [1.29, 1.82) is 0 Å². The van der Waals surface area contributed by atoms with Crippen LogP contribution >= 0.6 is 0 Å². The maximum absolute atomic E-state index is 12.8. The molecule has 9 nitrogen and oxygen atoms in total. The molecule has 0 bridgehead atoms. The Bertz CT molecular complexity index is 1170. The molecule has 0 aliphatic carbocycles. The van der Waals surface area contributed by atoms with Gasteiger partial charge in [0.25, 0.3) is 10.0 Å². The third-order valence-corrected chi connectivity index (χ3v) is 8.52. The van der Waals surface area contributed by atoms with E-state index in [1.54, 1.807) is 17.0 Å². The van der Waals surface area contributed by atoms with Gasteiger partial charge in [-0.25, -0.2) is 16.8 Å². The van der Waals surface area contributed by atoms with E-state index in [9.17, 15) is 21.6 Å². The van der Waals surface area contributed by atoms with E-state index in [2.05, 4.69) is 4.72 Å². The first-order valence-corrected chi connectivity index (χ1v) is 12.8. The normalized spacial score (nSPS) is 18.3. The molecule has 1 amide bonds. The third-order valence-electron chi connectivity index (χ3n) is 5.23. The molecule has 0 aromatic heterocycles. The van der Waals surface area contributed by atoms with Crippen LogP contribution in [0.15, 0.2) is 58.3 Å². The predicted octanol–water partition coefficient (Wildman–Crippen LogP) is 1.64. The van der Waals surface area contributed by atoms with E-state index in [0.29, 0.717) is 31.9 Å². The average molecular weight is 466 g/mol. The number of amides is 1. The van der Waals surface area contributed by atoms with Gasteiger partial charge in [0.05, 0.1) is 28.7 Å². The van der Waals surface area contributed by atoms with E-state index in [-0.39, 0.29) is 34.5 Å². The quantitative estimate of drug-likeness (QED) is 0.694. The van der Waals surface area contributed by atoms with Crippen LogP contribution in [0.5, 0.6) is 0 Å². The SMILES string of the molecule is O=C1CCCN1c1ccc(S(=O)(=O)Nc2cccc(S(=O)(=O)N3CCOCC3)c2)cc1. The van der Waals surface area contributed by atoms with Crippen molar-refractivity contribution in [2.75, 3.05) is 42.5 Å². The largest absolute Gasteiger partial charge is 0.379 e. The van der Waals surface area contributed by atoms with Crippen molar-refractivity contribution in [3.8, 4) is 0 Å². The lowest BCUT2D eigenvalue weighted by Gasteiger charge is -2.26. The number of carbonyl (C=O) groups excluding carboxylic acids is 1. The second kappa shape index (κ2) is 8.58. The molecule has 2 aliphatic rings. The van der Waals surface area contributed by atoms with Gasteiger partial charge in [0, 0.05) is 31.7 Å². The van der Waals surface area contributed by atoms with Crippen molar-refractivity contribution < 1.29 is 26.4 Å². The molecule has 2 aromatic rings. The van der Waals surface area contributed by atoms with Crippen molar-refractivity contribution >= 4 is 37.3 Å². The maximum Gasteiger partial charge on any atom is 0.261 e. The van der Waals surface area contributed by atoms with Crippen molar-refractivity contribution in [3.63, 3.8) is 0 Å². The molecule has 1 N–H and O–H groups in total. The van der Waals surface area contributed by atoms with Gasteiger partial charge in [0.1, 0.15) is 0 Å². The van der Waals surface area contributed by atoms with Gasteiger partial charge < -0.3 is 9.64 Å². The van der Waals surface area contributed by atoms with Gasteiger partial charge in [-0.3, -0.25) is 9.52 Å². The zero-order chi connectivity index (χ0) is 22.1. The minimum Gasteiger partial charge on any atom is -0.379 e. The molecule has 2 aliphatic heterocycles. The summed E-state index contributed by atoms with van der Waals surface area (Å²) in [6, 6.07) is 11.8. The average Bonchev–Trinajstić information content (AvgIpc) is 3.20. The Morgan fingerprint density at radius 1 is 0.871 bits per heavy atom. The van der Waals surface area contributed by atoms with Crippen LogP contribution in [0.25, 0.3) is 0 Å². The number of anilines is 2. The highest BCUT2D eigenvalue weighted by Gasteiger charge is 2.27. The fourth-order valence-electron chi connectivity index (χ4n) is 3.60. The lowest BCUT2D eigenvalue weighted by molar-refractivity contribution is -0.117. The molecule has 2 aromatic carbocycles. The van der Waals surface area contributed by atoms with Crippen LogP contribution in [-0.2, 0) is 29.6 Å². The second-order valence-corrected chi connectivity index (χ2v) is 10.9. The van der Waals surface area contributed by atoms with Gasteiger partial charge in [0.2, 0.25) is 15.9 Å². The Hall–Kier alpha value is -2.47. The second-order valence-electron chi connectivity index (χ2n) is 7.29. The van der Waals surface area contributed by atoms with E-state index < -0.39 is 20.0 Å². The molecule has 31 heavy (non-hydrogen) atoms. The molecule has 0 unspecified atom stereocenters. The van der Waals surface area contributed by atoms with Crippen molar-refractivity contribution in [2.45, 2.75) is 22.6 Å². The van der Waals surface area contributed by atoms with E-state index in [1.807, 2.05) is 0 Å². The lowest BCUT2D eigenvalue weighted by Crippen LogP contribution is -2.40. The summed E-state index contributed by atoms with van der Waals surface area (Å²) in [4.78, 5) is 13.5. The molecule has 11 heteroatoms. The summed E-state index contributed by atoms with van der Waals surface area (Å²) in [7, 11) is -7.68. The zero-order valence-corrected chi connectivity index (χ0v) is 18.4. The fourth-order valence-corrected chi connectivity index (χ4v) is 6.10. The number of hydrogen-bond donors (Lipinski definition) is 1. The van der Waals surface area contributed by atoms with Gasteiger partial charge in [-0.2, -0.15) is 4.31 Å². The summed E-state index contributed by atoms with van der Waals surface area (Å²) in [5.74, 6) is 0.0204. The van der Waals surface area contributed by atoms with Crippen LogP contribution in [0.4, 0.5) is 11.4 Å². The highest BCUT2D eigenvalue weighted by Crippen LogP contribution is 2.25. The minimum absolute atomic E-state index is 0.0116. The first-order valence-electron chi connectivity index (χ1n) is 9.89. The van der Waals surface area contributed by atoms with Crippen LogP contribution < -0.4 is 9.62 Å². The Kier molecular flexibility index (Phi) is 6.02. The Morgan fingerprint density at radius 3 is 2.23 bits per heavy atom. The van der Waals surface area contributed by atoms with Crippen LogP contribution in [-0.4, -0.2) is 59.9 Å². The molecule has 0 saturated carbocycles. The monoisotopic (exact) mass is 465 g/mol.